The molecule has 1 heterocycles. The fourth-order valence-corrected chi connectivity index (χ4v) is 4.77. The van der Waals surface area contributed by atoms with Crippen LogP contribution in [0.2, 0.25) is 0 Å². The monoisotopic (exact) mass is 447 g/mol. The maximum Gasteiger partial charge on any atom is 0.300 e. The molecule has 3 aromatic rings. The highest BCUT2D eigenvalue weighted by Crippen LogP contribution is 2.30. The molecule has 0 saturated heterocycles. The van der Waals surface area contributed by atoms with Gasteiger partial charge in [-0.05, 0) is 47.6 Å². The maximum atomic E-state index is 12.7. The zero-order valence-electron chi connectivity index (χ0n) is 16.5. The molecule has 30 heavy (non-hydrogen) atoms. The van der Waals surface area contributed by atoms with Crippen LogP contribution < -0.4 is 14.8 Å². The van der Waals surface area contributed by atoms with Crippen LogP contribution in [0.4, 0.5) is 0 Å². The third kappa shape index (κ3) is 5.55. The van der Waals surface area contributed by atoms with Gasteiger partial charge in [0.25, 0.3) is 5.91 Å². The van der Waals surface area contributed by atoms with Crippen molar-refractivity contribution in [3.05, 3.63) is 59.7 Å². The Morgan fingerprint density at radius 3 is 2.53 bits per heavy atom. The lowest BCUT2D eigenvalue weighted by molar-refractivity contribution is 0.0953. The van der Waals surface area contributed by atoms with Crippen molar-refractivity contribution in [1.82, 2.24) is 15.5 Å². The first-order chi connectivity index (χ1) is 14.4. The Kier molecular flexibility index (Phi) is 7.01. The van der Waals surface area contributed by atoms with Crippen LogP contribution in [-0.2, 0) is 15.6 Å². The van der Waals surface area contributed by atoms with Crippen LogP contribution in [-0.4, -0.2) is 38.2 Å². The molecule has 3 rings (SSSR count). The Labute approximate surface area is 178 Å². The summed E-state index contributed by atoms with van der Waals surface area (Å²) in [6.07, 6.45) is 0.841. The molecular weight excluding hydrogens is 426 g/mol. The second kappa shape index (κ2) is 9.68. The van der Waals surface area contributed by atoms with Crippen molar-refractivity contribution in [1.29, 1.82) is 0 Å². The van der Waals surface area contributed by atoms with Gasteiger partial charge in [-0.2, -0.15) is 0 Å². The maximum absolute atomic E-state index is 12.7. The SMILES string of the molecule is CCCNC(=O)c1ccc(CS(=O)(=O)c2nnc(Oc3cccc(OC)c3)s2)cc1. The number of hydrogen-bond acceptors (Lipinski definition) is 8. The van der Waals surface area contributed by atoms with Crippen LogP contribution in [0, 0.1) is 0 Å². The third-order valence-corrected chi connectivity index (χ3v) is 6.94. The molecule has 0 atom stereocenters. The molecule has 0 saturated carbocycles. The minimum atomic E-state index is -3.71. The predicted molar refractivity (Wildman–Crippen MR) is 113 cm³/mol. The quantitative estimate of drug-likeness (QED) is 0.535. The fraction of sp³-hybridized carbons (Fsp3) is 0.250. The summed E-state index contributed by atoms with van der Waals surface area (Å²) < 4.78 is 35.9. The van der Waals surface area contributed by atoms with E-state index in [-0.39, 0.29) is 21.2 Å². The number of ether oxygens (including phenoxy) is 2. The smallest absolute Gasteiger partial charge is 0.300 e. The number of methoxy groups -OCH3 is 1. The molecule has 0 bridgehead atoms. The van der Waals surface area contributed by atoms with Gasteiger partial charge in [0.2, 0.25) is 14.2 Å². The van der Waals surface area contributed by atoms with Crippen LogP contribution in [0.1, 0.15) is 29.3 Å². The summed E-state index contributed by atoms with van der Waals surface area (Å²) >= 11 is 0.847. The molecule has 0 fully saturated rings. The van der Waals surface area contributed by atoms with E-state index in [9.17, 15) is 13.2 Å². The second-order valence-electron chi connectivity index (χ2n) is 6.33. The summed E-state index contributed by atoms with van der Waals surface area (Å²) in [4.78, 5) is 11.9. The van der Waals surface area contributed by atoms with Crippen molar-refractivity contribution in [2.45, 2.75) is 23.4 Å². The van der Waals surface area contributed by atoms with Crippen molar-refractivity contribution in [2.24, 2.45) is 0 Å². The third-order valence-electron chi connectivity index (χ3n) is 4.01. The Morgan fingerprint density at radius 1 is 1.10 bits per heavy atom. The number of benzene rings is 2. The van der Waals surface area contributed by atoms with Gasteiger partial charge in [-0.3, -0.25) is 4.79 Å². The van der Waals surface area contributed by atoms with E-state index in [1.165, 1.54) is 0 Å². The van der Waals surface area contributed by atoms with E-state index in [1.54, 1.807) is 55.6 Å². The van der Waals surface area contributed by atoms with E-state index >= 15 is 0 Å². The summed E-state index contributed by atoms with van der Waals surface area (Å²) in [5, 5.41) is 10.5. The Hall–Kier alpha value is -2.98. The molecule has 158 valence electrons. The molecule has 1 amide bonds. The molecule has 0 aliphatic heterocycles. The van der Waals surface area contributed by atoms with Gasteiger partial charge < -0.3 is 14.8 Å². The molecule has 0 radical (unpaired) electrons. The average Bonchev–Trinajstić information content (AvgIpc) is 3.22. The summed E-state index contributed by atoms with van der Waals surface area (Å²) in [6, 6.07) is 13.3. The van der Waals surface area contributed by atoms with Crippen molar-refractivity contribution in [2.75, 3.05) is 13.7 Å². The summed E-state index contributed by atoms with van der Waals surface area (Å²) in [7, 11) is -2.16. The van der Waals surface area contributed by atoms with E-state index in [4.69, 9.17) is 9.47 Å². The lowest BCUT2D eigenvalue weighted by atomic mass is 10.1. The normalized spacial score (nSPS) is 11.1. The van der Waals surface area contributed by atoms with Crippen LogP contribution in [0.3, 0.4) is 0 Å². The number of hydrogen-bond donors (Lipinski definition) is 1. The minimum Gasteiger partial charge on any atom is -0.497 e. The lowest BCUT2D eigenvalue weighted by Crippen LogP contribution is -2.23. The Balaban J connectivity index is 1.68. The van der Waals surface area contributed by atoms with E-state index in [0.29, 0.717) is 29.2 Å². The number of aromatic nitrogens is 2. The van der Waals surface area contributed by atoms with Crippen molar-refractivity contribution in [3.63, 3.8) is 0 Å². The average molecular weight is 448 g/mol. The molecule has 8 nitrogen and oxygen atoms in total. The first-order valence-corrected chi connectivity index (χ1v) is 11.6. The number of nitrogens with zero attached hydrogens (tertiary/aromatic N) is 2. The van der Waals surface area contributed by atoms with Gasteiger partial charge in [0.1, 0.15) is 11.5 Å². The molecule has 2 aromatic carbocycles. The standard InChI is InChI=1S/C20H21N3O5S2/c1-3-11-21-18(24)15-9-7-14(8-10-15)13-30(25,26)20-23-22-19(29-20)28-17-6-4-5-16(12-17)27-2/h4-10,12H,3,11,13H2,1-2H3,(H,21,24). The van der Waals surface area contributed by atoms with Crippen LogP contribution >= 0.6 is 11.3 Å². The number of rotatable bonds is 9. The lowest BCUT2D eigenvalue weighted by Gasteiger charge is -2.05. The predicted octanol–water partition coefficient (Wildman–Crippen LogP) is 3.45. The number of sulfone groups is 1. The highest BCUT2D eigenvalue weighted by Gasteiger charge is 2.22. The molecule has 10 heteroatoms. The summed E-state index contributed by atoms with van der Waals surface area (Å²) in [5.74, 6) is 0.635. The first kappa shape index (κ1) is 21.7. The van der Waals surface area contributed by atoms with Crippen LogP contribution in [0.15, 0.2) is 52.9 Å². The van der Waals surface area contributed by atoms with Gasteiger partial charge in [0, 0.05) is 18.2 Å². The largest absolute Gasteiger partial charge is 0.497 e. The van der Waals surface area contributed by atoms with Crippen LogP contribution in [0.25, 0.3) is 0 Å². The molecule has 0 aliphatic rings. The molecule has 1 N–H and O–H groups in total. The number of nitrogens with one attached hydrogen (secondary N) is 1. The van der Waals surface area contributed by atoms with Crippen molar-refractivity contribution in [3.8, 4) is 16.7 Å². The Bertz CT molecular complexity index is 1110. The van der Waals surface area contributed by atoms with E-state index in [2.05, 4.69) is 15.5 Å². The van der Waals surface area contributed by atoms with E-state index in [1.807, 2.05) is 6.92 Å². The number of carbonyl (C=O) groups is 1. The van der Waals surface area contributed by atoms with Crippen molar-refractivity contribution >= 4 is 27.1 Å². The van der Waals surface area contributed by atoms with E-state index in [0.717, 1.165) is 17.8 Å². The van der Waals surface area contributed by atoms with E-state index < -0.39 is 9.84 Å². The first-order valence-electron chi connectivity index (χ1n) is 9.16. The molecule has 1 aromatic heterocycles. The highest BCUT2D eigenvalue weighted by atomic mass is 32.2. The van der Waals surface area contributed by atoms with Gasteiger partial charge >= 0.3 is 5.19 Å². The molecule has 0 aliphatic carbocycles. The number of carbonyl (C=O) groups excluding carboxylic acids is 1. The zero-order chi connectivity index (χ0) is 21.6. The topological polar surface area (TPSA) is 107 Å². The highest BCUT2D eigenvalue weighted by molar-refractivity contribution is 7.92. The summed E-state index contributed by atoms with van der Waals surface area (Å²) in [6.45, 7) is 2.56. The molecular formula is C20H21N3O5S2. The van der Waals surface area contributed by atoms with Gasteiger partial charge in [-0.1, -0.05) is 30.2 Å². The van der Waals surface area contributed by atoms with Crippen molar-refractivity contribution < 1.29 is 22.7 Å². The zero-order valence-corrected chi connectivity index (χ0v) is 18.1. The summed E-state index contributed by atoms with van der Waals surface area (Å²) in [5.41, 5.74) is 1.03. The van der Waals surface area contributed by atoms with Gasteiger partial charge in [-0.25, -0.2) is 8.42 Å². The molecule has 0 unspecified atom stereocenters. The Morgan fingerprint density at radius 2 is 1.83 bits per heavy atom. The molecule has 0 spiro atoms. The second-order valence-corrected chi connectivity index (χ2v) is 9.43. The number of amides is 1. The minimum absolute atomic E-state index is 0.116. The van der Waals surface area contributed by atoms with Crippen LogP contribution in [0.5, 0.6) is 16.7 Å². The van der Waals surface area contributed by atoms with Gasteiger partial charge in [0.05, 0.1) is 12.9 Å². The fourth-order valence-electron chi connectivity index (χ4n) is 2.50. The van der Waals surface area contributed by atoms with Gasteiger partial charge in [-0.15, -0.1) is 5.10 Å². The van der Waals surface area contributed by atoms with Gasteiger partial charge in [0.15, 0.2) is 0 Å².